The van der Waals surface area contributed by atoms with Crippen molar-refractivity contribution in [3.8, 4) is 0 Å². The van der Waals surface area contributed by atoms with E-state index >= 15 is 0 Å². The molecule has 98 valence electrons. The number of carboxylic acids is 1. The van der Waals surface area contributed by atoms with Gasteiger partial charge in [-0.2, -0.15) is 0 Å². The van der Waals surface area contributed by atoms with Gasteiger partial charge in [0.15, 0.2) is 0 Å². The van der Waals surface area contributed by atoms with Gasteiger partial charge >= 0.3 is 5.97 Å². The summed E-state index contributed by atoms with van der Waals surface area (Å²) in [7, 11) is 0. The van der Waals surface area contributed by atoms with Crippen molar-refractivity contribution in [2.24, 2.45) is 17.8 Å². The minimum atomic E-state index is -0.599. The smallest absolute Gasteiger partial charge is 0.306 e. The maximum absolute atomic E-state index is 10.8. The Bertz CT molecular complexity index is 255. The molecule has 0 aromatic carbocycles. The Balaban J connectivity index is 1.59. The molecule has 0 aliphatic heterocycles. The Hall–Kier alpha value is -0.570. The van der Waals surface area contributed by atoms with Crippen LogP contribution in [0.25, 0.3) is 0 Å². The Morgan fingerprint density at radius 3 is 2.29 bits per heavy atom. The maximum Gasteiger partial charge on any atom is 0.306 e. The fourth-order valence-corrected chi connectivity index (χ4v) is 2.92. The number of hydrogen-bond acceptors (Lipinski definition) is 2. The van der Waals surface area contributed by atoms with Crippen LogP contribution in [0.5, 0.6) is 0 Å². The van der Waals surface area contributed by atoms with Crippen molar-refractivity contribution in [2.75, 3.05) is 6.54 Å². The number of rotatable bonds is 6. The first-order chi connectivity index (χ1) is 8.15. The first-order valence-electron chi connectivity index (χ1n) is 7.11. The van der Waals surface area contributed by atoms with Crippen LogP contribution in [0, 0.1) is 17.8 Å². The minimum Gasteiger partial charge on any atom is -0.481 e. The SMILES string of the molecule is CC(CC1CC1)NCC1CCC(C(=O)O)CC1. The molecule has 0 bridgehead atoms. The van der Waals surface area contributed by atoms with E-state index in [4.69, 9.17) is 5.11 Å². The van der Waals surface area contributed by atoms with Crippen LogP contribution < -0.4 is 5.32 Å². The van der Waals surface area contributed by atoms with Crippen molar-refractivity contribution < 1.29 is 9.90 Å². The summed E-state index contributed by atoms with van der Waals surface area (Å²) in [5, 5.41) is 12.6. The highest BCUT2D eigenvalue weighted by molar-refractivity contribution is 5.69. The van der Waals surface area contributed by atoms with E-state index in [1.807, 2.05) is 0 Å². The van der Waals surface area contributed by atoms with Crippen LogP contribution in [0.2, 0.25) is 0 Å². The first-order valence-corrected chi connectivity index (χ1v) is 7.11. The average Bonchev–Trinajstić information content (AvgIpc) is 3.11. The Morgan fingerprint density at radius 1 is 1.18 bits per heavy atom. The Labute approximate surface area is 104 Å². The molecule has 2 saturated carbocycles. The maximum atomic E-state index is 10.8. The molecule has 2 N–H and O–H groups in total. The van der Waals surface area contributed by atoms with E-state index in [0.717, 1.165) is 38.1 Å². The number of carboxylic acid groups (broad SMARTS) is 1. The van der Waals surface area contributed by atoms with Crippen molar-refractivity contribution in [2.45, 2.75) is 57.9 Å². The van der Waals surface area contributed by atoms with Crippen molar-refractivity contribution in [1.82, 2.24) is 5.32 Å². The predicted molar refractivity (Wildman–Crippen MR) is 67.9 cm³/mol. The fourth-order valence-electron chi connectivity index (χ4n) is 2.92. The van der Waals surface area contributed by atoms with Crippen molar-refractivity contribution in [3.63, 3.8) is 0 Å². The molecule has 2 rings (SSSR count). The summed E-state index contributed by atoms with van der Waals surface area (Å²) >= 11 is 0. The summed E-state index contributed by atoms with van der Waals surface area (Å²) < 4.78 is 0. The highest BCUT2D eigenvalue weighted by Gasteiger charge is 2.27. The van der Waals surface area contributed by atoms with E-state index < -0.39 is 5.97 Å². The third-order valence-electron chi connectivity index (χ3n) is 4.33. The number of nitrogens with one attached hydrogen (secondary N) is 1. The topological polar surface area (TPSA) is 49.3 Å². The summed E-state index contributed by atoms with van der Waals surface area (Å²) in [5.74, 6) is 1.01. The van der Waals surface area contributed by atoms with Gasteiger partial charge < -0.3 is 10.4 Å². The fraction of sp³-hybridized carbons (Fsp3) is 0.929. The molecule has 3 heteroatoms. The molecule has 17 heavy (non-hydrogen) atoms. The van der Waals surface area contributed by atoms with Gasteiger partial charge in [0.05, 0.1) is 5.92 Å². The van der Waals surface area contributed by atoms with Crippen LogP contribution in [0.1, 0.15) is 51.9 Å². The van der Waals surface area contributed by atoms with E-state index in [0.29, 0.717) is 12.0 Å². The lowest BCUT2D eigenvalue weighted by Gasteiger charge is -2.27. The highest BCUT2D eigenvalue weighted by Crippen LogP contribution is 2.33. The van der Waals surface area contributed by atoms with Gasteiger partial charge in [0, 0.05) is 6.04 Å². The van der Waals surface area contributed by atoms with Gasteiger partial charge in [-0.1, -0.05) is 12.8 Å². The van der Waals surface area contributed by atoms with Gasteiger partial charge in [0.25, 0.3) is 0 Å². The van der Waals surface area contributed by atoms with Gasteiger partial charge in [-0.15, -0.1) is 0 Å². The minimum absolute atomic E-state index is 0.0739. The van der Waals surface area contributed by atoms with Gasteiger partial charge in [-0.3, -0.25) is 4.79 Å². The third-order valence-corrected chi connectivity index (χ3v) is 4.33. The largest absolute Gasteiger partial charge is 0.481 e. The van der Waals surface area contributed by atoms with Crippen molar-refractivity contribution in [3.05, 3.63) is 0 Å². The molecule has 0 amide bonds. The zero-order valence-corrected chi connectivity index (χ0v) is 10.8. The molecule has 0 spiro atoms. The summed E-state index contributed by atoms with van der Waals surface area (Å²) in [5.41, 5.74) is 0. The van der Waals surface area contributed by atoms with Crippen LogP contribution in [0.3, 0.4) is 0 Å². The van der Waals surface area contributed by atoms with E-state index in [1.165, 1.54) is 19.3 Å². The second kappa shape index (κ2) is 5.85. The quantitative estimate of drug-likeness (QED) is 0.749. The molecule has 2 aliphatic rings. The highest BCUT2D eigenvalue weighted by atomic mass is 16.4. The summed E-state index contributed by atoms with van der Waals surface area (Å²) in [6.45, 7) is 3.36. The molecule has 3 nitrogen and oxygen atoms in total. The van der Waals surface area contributed by atoms with E-state index in [2.05, 4.69) is 12.2 Å². The van der Waals surface area contributed by atoms with Gasteiger partial charge in [0.1, 0.15) is 0 Å². The molecule has 0 radical (unpaired) electrons. The molecule has 0 heterocycles. The lowest BCUT2D eigenvalue weighted by Crippen LogP contribution is -2.34. The first kappa shape index (κ1) is 12.9. The van der Waals surface area contributed by atoms with Crippen LogP contribution >= 0.6 is 0 Å². The van der Waals surface area contributed by atoms with Gasteiger partial charge in [0.2, 0.25) is 0 Å². The molecule has 0 aromatic rings. The van der Waals surface area contributed by atoms with Crippen LogP contribution in [-0.2, 0) is 4.79 Å². The lowest BCUT2D eigenvalue weighted by atomic mass is 9.82. The van der Waals surface area contributed by atoms with Crippen LogP contribution in [0.4, 0.5) is 0 Å². The molecule has 0 saturated heterocycles. The molecular weight excluding hydrogens is 214 g/mol. The van der Waals surface area contributed by atoms with Gasteiger partial charge in [-0.25, -0.2) is 0 Å². The summed E-state index contributed by atoms with van der Waals surface area (Å²) in [4.78, 5) is 10.8. The van der Waals surface area contributed by atoms with E-state index in [1.54, 1.807) is 0 Å². The third kappa shape index (κ3) is 4.30. The monoisotopic (exact) mass is 239 g/mol. The van der Waals surface area contributed by atoms with E-state index in [9.17, 15) is 4.79 Å². The molecule has 1 atom stereocenters. The number of carbonyl (C=O) groups is 1. The Kier molecular flexibility index (Phi) is 4.43. The standard InChI is InChI=1S/C14H25NO2/c1-10(8-11-2-3-11)15-9-12-4-6-13(7-5-12)14(16)17/h10-13,15H,2-9H2,1H3,(H,16,17). The summed E-state index contributed by atoms with van der Waals surface area (Å²) in [6, 6.07) is 0.639. The van der Waals surface area contributed by atoms with E-state index in [-0.39, 0.29) is 5.92 Å². The molecular formula is C14H25NO2. The molecule has 2 aliphatic carbocycles. The zero-order chi connectivity index (χ0) is 12.3. The van der Waals surface area contributed by atoms with Crippen LogP contribution in [0.15, 0.2) is 0 Å². The number of hydrogen-bond donors (Lipinski definition) is 2. The van der Waals surface area contributed by atoms with Gasteiger partial charge in [-0.05, 0) is 57.4 Å². The molecule has 2 fully saturated rings. The molecule has 1 unspecified atom stereocenters. The van der Waals surface area contributed by atoms with Crippen LogP contribution in [-0.4, -0.2) is 23.7 Å². The average molecular weight is 239 g/mol. The zero-order valence-electron chi connectivity index (χ0n) is 10.8. The number of aliphatic carboxylic acids is 1. The Morgan fingerprint density at radius 2 is 1.76 bits per heavy atom. The lowest BCUT2D eigenvalue weighted by molar-refractivity contribution is -0.143. The summed E-state index contributed by atoms with van der Waals surface area (Å²) in [6.07, 6.45) is 8.09. The normalized spacial score (nSPS) is 31.1. The van der Waals surface area contributed by atoms with Crippen molar-refractivity contribution >= 4 is 5.97 Å². The second-order valence-electron chi connectivity index (χ2n) is 6.04. The second-order valence-corrected chi connectivity index (χ2v) is 6.04. The predicted octanol–water partition coefficient (Wildman–Crippen LogP) is 2.66. The molecule has 0 aromatic heterocycles. The van der Waals surface area contributed by atoms with Crippen molar-refractivity contribution in [1.29, 1.82) is 0 Å².